The summed E-state index contributed by atoms with van der Waals surface area (Å²) in [6.45, 7) is 8.28. The Bertz CT molecular complexity index is 1410. The average Bonchev–Trinajstić information content (AvgIpc) is 3.17. The van der Waals surface area contributed by atoms with E-state index in [0.29, 0.717) is 12.8 Å². The Hall–Kier alpha value is -4.06. The number of amides is 1. The molecular weight excluding hydrogens is 522 g/mol. The molecule has 0 radical (unpaired) electrons. The number of nitrogens with one attached hydrogen (secondary N) is 1. The average molecular weight is 566 g/mol. The fourth-order valence-electron chi connectivity index (χ4n) is 6.42. The van der Waals surface area contributed by atoms with E-state index in [1.807, 2.05) is 53.4 Å². The van der Waals surface area contributed by atoms with E-state index in [0.717, 1.165) is 72.0 Å². The van der Waals surface area contributed by atoms with Crippen molar-refractivity contribution in [3.8, 4) is 5.75 Å². The Morgan fingerprint density at radius 1 is 0.929 bits per heavy atom. The van der Waals surface area contributed by atoms with Crippen LogP contribution in [0.4, 0.5) is 17.1 Å². The number of carbonyl (C=O) groups is 2. The molecular formula is C36H43N3O3. The minimum atomic E-state index is -0.499. The van der Waals surface area contributed by atoms with E-state index in [2.05, 4.69) is 61.3 Å². The second kappa shape index (κ2) is 13.3. The molecule has 0 spiro atoms. The summed E-state index contributed by atoms with van der Waals surface area (Å²) in [7, 11) is 1.66. The zero-order valence-electron chi connectivity index (χ0n) is 25.3. The van der Waals surface area contributed by atoms with Gasteiger partial charge in [0.2, 0.25) is 5.91 Å². The van der Waals surface area contributed by atoms with Crippen LogP contribution in [-0.4, -0.2) is 31.9 Å². The lowest BCUT2D eigenvalue weighted by Gasteiger charge is -2.38. The summed E-state index contributed by atoms with van der Waals surface area (Å²) in [4.78, 5) is 32.6. The van der Waals surface area contributed by atoms with Crippen molar-refractivity contribution in [3.63, 3.8) is 0 Å². The summed E-state index contributed by atoms with van der Waals surface area (Å²) in [6.07, 6.45) is 5.90. The summed E-state index contributed by atoms with van der Waals surface area (Å²) >= 11 is 0. The van der Waals surface area contributed by atoms with E-state index < -0.39 is 12.0 Å². The summed E-state index contributed by atoms with van der Waals surface area (Å²) in [5, 5.41) is 3.63. The van der Waals surface area contributed by atoms with Crippen LogP contribution in [-0.2, 0) is 9.59 Å². The molecule has 3 atom stereocenters. The van der Waals surface area contributed by atoms with Gasteiger partial charge in [-0.3, -0.25) is 9.59 Å². The molecule has 3 aromatic carbocycles. The molecule has 6 nitrogen and oxygen atoms in total. The highest BCUT2D eigenvalue weighted by Gasteiger charge is 2.44. The Morgan fingerprint density at radius 2 is 1.62 bits per heavy atom. The van der Waals surface area contributed by atoms with Gasteiger partial charge < -0.3 is 19.9 Å². The number of ketones is 1. The lowest BCUT2D eigenvalue weighted by molar-refractivity contribution is -0.123. The third-order valence-corrected chi connectivity index (χ3v) is 8.69. The second-order valence-corrected chi connectivity index (χ2v) is 11.2. The summed E-state index contributed by atoms with van der Waals surface area (Å²) in [5.74, 6) is 0.422. The number of Topliss-reactive ketones (excluding diaryl/α,β-unsaturated/α-hetero) is 1. The van der Waals surface area contributed by atoms with Gasteiger partial charge in [-0.1, -0.05) is 62.2 Å². The van der Waals surface area contributed by atoms with Crippen molar-refractivity contribution < 1.29 is 14.3 Å². The molecule has 1 heterocycles. The molecule has 0 unspecified atom stereocenters. The van der Waals surface area contributed by atoms with Gasteiger partial charge in [0.15, 0.2) is 0 Å². The zero-order valence-corrected chi connectivity index (χ0v) is 25.3. The van der Waals surface area contributed by atoms with E-state index in [1.54, 1.807) is 7.11 Å². The van der Waals surface area contributed by atoms with E-state index in [9.17, 15) is 9.59 Å². The summed E-state index contributed by atoms with van der Waals surface area (Å²) in [6, 6.07) is 23.9. The SMILES string of the molecule is CCCCCC(=O)N1c2ccccc2NC2=C[C@@H](c3ccc(OC)cc3)CC(=O)[C@H]2[C@@H]1c1ccc(N(CC)CC)cc1. The van der Waals surface area contributed by atoms with Crippen molar-refractivity contribution >= 4 is 28.8 Å². The van der Waals surface area contributed by atoms with Gasteiger partial charge in [-0.05, 0) is 67.8 Å². The van der Waals surface area contributed by atoms with E-state index >= 15 is 0 Å². The number of fused-ring (bicyclic) bond motifs is 2. The van der Waals surface area contributed by atoms with E-state index in [-0.39, 0.29) is 17.6 Å². The fourth-order valence-corrected chi connectivity index (χ4v) is 6.42. The van der Waals surface area contributed by atoms with Crippen LogP contribution >= 0.6 is 0 Å². The van der Waals surface area contributed by atoms with Crippen molar-refractivity contribution in [3.05, 3.63) is 95.7 Å². The van der Waals surface area contributed by atoms with E-state index in [4.69, 9.17) is 4.74 Å². The molecule has 0 aromatic heterocycles. The predicted molar refractivity (Wildman–Crippen MR) is 171 cm³/mol. The van der Waals surface area contributed by atoms with E-state index in [1.165, 1.54) is 0 Å². The molecule has 220 valence electrons. The van der Waals surface area contributed by atoms with Crippen molar-refractivity contribution in [1.29, 1.82) is 0 Å². The third kappa shape index (κ3) is 5.94. The van der Waals surface area contributed by atoms with Crippen LogP contribution in [0.15, 0.2) is 84.6 Å². The largest absolute Gasteiger partial charge is 0.497 e. The van der Waals surface area contributed by atoms with Gasteiger partial charge >= 0.3 is 0 Å². The molecule has 1 amide bonds. The minimum absolute atomic E-state index is 0.0573. The van der Waals surface area contributed by atoms with Gasteiger partial charge in [0.25, 0.3) is 0 Å². The Labute approximate surface area is 250 Å². The van der Waals surface area contributed by atoms with Crippen molar-refractivity contribution in [2.45, 2.75) is 64.8 Å². The molecule has 6 heteroatoms. The van der Waals surface area contributed by atoms with Crippen molar-refractivity contribution in [2.75, 3.05) is 35.3 Å². The highest BCUT2D eigenvalue weighted by Crippen LogP contribution is 2.48. The Morgan fingerprint density at radius 3 is 2.29 bits per heavy atom. The number of ether oxygens (including phenoxy) is 1. The highest BCUT2D eigenvalue weighted by molar-refractivity contribution is 6.01. The highest BCUT2D eigenvalue weighted by atomic mass is 16.5. The number of anilines is 3. The maximum atomic E-state index is 14.3. The van der Waals surface area contributed by atoms with Gasteiger partial charge in [0, 0.05) is 43.2 Å². The van der Waals surface area contributed by atoms with Crippen molar-refractivity contribution in [1.82, 2.24) is 0 Å². The smallest absolute Gasteiger partial charge is 0.227 e. The van der Waals surface area contributed by atoms with Crippen LogP contribution in [0.25, 0.3) is 0 Å². The molecule has 0 bridgehead atoms. The zero-order chi connectivity index (χ0) is 29.6. The molecule has 2 aliphatic rings. The van der Waals surface area contributed by atoms with Crippen LogP contribution in [0.3, 0.4) is 0 Å². The van der Waals surface area contributed by atoms with Crippen LogP contribution in [0.2, 0.25) is 0 Å². The molecule has 0 saturated heterocycles. The summed E-state index contributed by atoms with van der Waals surface area (Å²) < 4.78 is 5.35. The molecule has 5 rings (SSSR count). The Kier molecular flexibility index (Phi) is 9.31. The number of nitrogens with zero attached hydrogens (tertiary/aromatic N) is 2. The number of benzene rings is 3. The standard InChI is InChI=1S/C36H43N3O3/c1-5-8-9-14-34(41)39-32-13-11-10-12-30(32)37-31-23-27(25-17-21-29(42-4)22-18-25)24-33(40)35(31)36(39)26-15-19-28(20-16-26)38(6-2)7-3/h10-13,15-23,27,35-37H,5-9,14,24H2,1-4H3/t27-,35+,36+/m1/s1. The minimum Gasteiger partial charge on any atom is -0.497 e. The van der Waals surface area contributed by atoms with Crippen molar-refractivity contribution in [2.24, 2.45) is 5.92 Å². The first kappa shape index (κ1) is 29.4. The number of para-hydroxylation sites is 2. The number of unbranched alkanes of at least 4 members (excludes halogenated alkanes) is 2. The predicted octanol–water partition coefficient (Wildman–Crippen LogP) is 7.88. The topological polar surface area (TPSA) is 61.9 Å². The van der Waals surface area contributed by atoms with Gasteiger partial charge in [0.1, 0.15) is 11.5 Å². The monoisotopic (exact) mass is 565 g/mol. The quantitative estimate of drug-likeness (QED) is 0.253. The number of hydrogen-bond acceptors (Lipinski definition) is 5. The van der Waals surface area contributed by atoms with Crippen LogP contribution in [0.1, 0.15) is 76.0 Å². The first-order chi connectivity index (χ1) is 20.5. The van der Waals surface area contributed by atoms with Gasteiger partial charge in [-0.2, -0.15) is 0 Å². The Balaban J connectivity index is 1.63. The lowest BCUT2D eigenvalue weighted by atomic mass is 9.76. The molecule has 0 fully saturated rings. The number of allylic oxidation sites excluding steroid dienone is 1. The number of rotatable bonds is 10. The maximum absolute atomic E-state index is 14.3. The molecule has 1 N–H and O–H groups in total. The lowest BCUT2D eigenvalue weighted by Crippen LogP contribution is -2.42. The third-order valence-electron chi connectivity index (χ3n) is 8.69. The van der Waals surface area contributed by atoms with Crippen LogP contribution in [0, 0.1) is 5.92 Å². The first-order valence-electron chi connectivity index (χ1n) is 15.4. The molecule has 42 heavy (non-hydrogen) atoms. The molecule has 1 aliphatic carbocycles. The number of hydrogen-bond donors (Lipinski definition) is 1. The van der Waals surface area contributed by atoms with Crippen LogP contribution in [0.5, 0.6) is 5.75 Å². The van der Waals surface area contributed by atoms with Crippen LogP contribution < -0.4 is 19.9 Å². The number of methoxy groups -OCH3 is 1. The fraction of sp³-hybridized carbons (Fsp3) is 0.389. The number of carbonyl (C=O) groups excluding carboxylic acids is 2. The van der Waals surface area contributed by atoms with Gasteiger partial charge in [-0.25, -0.2) is 0 Å². The first-order valence-corrected chi connectivity index (χ1v) is 15.4. The van der Waals surface area contributed by atoms with Gasteiger partial charge in [-0.15, -0.1) is 0 Å². The summed E-state index contributed by atoms with van der Waals surface area (Å²) in [5.41, 5.74) is 5.72. The van der Waals surface area contributed by atoms with Gasteiger partial charge in [0.05, 0.1) is 30.4 Å². The molecule has 0 saturated carbocycles. The molecule has 1 aliphatic heterocycles. The second-order valence-electron chi connectivity index (χ2n) is 11.2. The normalized spacial score (nSPS) is 19.6. The molecule has 3 aromatic rings. The maximum Gasteiger partial charge on any atom is 0.227 e.